The molecule has 7 heteroatoms. The van der Waals surface area contributed by atoms with Gasteiger partial charge < -0.3 is 4.74 Å². The smallest absolute Gasteiger partial charge is 0.338 e. The van der Waals surface area contributed by atoms with Crippen molar-refractivity contribution in [3.8, 4) is 5.69 Å². The molecule has 0 fully saturated rings. The fraction of sp³-hybridized carbons (Fsp3) is 0.250. The molecule has 0 saturated heterocycles. The van der Waals surface area contributed by atoms with Gasteiger partial charge in [0.1, 0.15) is 12.4 Å². The van der Waals surface area contributed by atoms with Crippen molar-refractivity contribution in [1.29, 1.82) is 0 Å². The SMILES string of the molecule is O=C(OCc1ccc(-n2cccn2)cc1)c1ccc2c(=O)n3c(nc2c1)CCCCC3. The minimum atomic E-state index is -0.435. The van der Waals surface area contributed by atoms with Crippen molar-refractivity contribution in [3.63, 3.8) is 0 Å². The monoisotopic (exact) mass is 414 g/mol. The molecule has 0 saturated carbocycles. The van der Waals surface area contributed by atoms with Crippen LogP contribution in [0.25, 0.3) is 16.6 Å². The van der Waals surface area contributed by atoms with Gasteiger partial charge in [-0.1, -0.05) is 18.6 Å². The van der Waals surface area contributed by atoms with Gasteiger partial charge in [0, 0.05) is 25.4 Å². The van der Waals surface area contributed by atoms with Crippen LogP contribution in [0.5, 0.6) is 0 Å². The van der Waals surface area contributed by atoms with Crippen LogP contribution in [0.3, 0.4) is 0 Å². The van der Waals surface area contributed by atoms with Crippen molar-refractivity contribution in [3.05, 3.63) is 88.2 Å². The number of nitrogens with zero attached hydrogens (tertiary/aromatic N) is 4. The molecule has 1 aliphatic heterocycles. The van der Waals surface area contributed by atoms with Crippen LogP contribution in [0.4, 0.5) is 0 Å². The Hall–Kier alpha value is -3.74. The normalized spacial score (nSPS) is 13.5. The number of rotatable bonds is 4. The highest BCUT2D eigenvalue weighted by Gasteiger charge is 2.16. The Morgan fingerprint density at radius 2 is 1.94 bits per heavy atom. The fourth-order valence-corrected chi connectivity index (χ4v) is 3.94. The highest BCUT2D eigenvalue weighted by Crippen LogP contribution is 2.17. The first-order valence-corrected chi connectivity index (χ1v) is 10.5. The summed E-state index contributed by atoms with van der Waals surface area (Å²) >= 11 is 0. The molecule has 5 rings (SSSR count). The summed E-state index contributed by atoms with van der Waals surface area (Å²) in [7, 11) is 0. The Morgan fingerprint density at radius 1 is 1.06 bits per heavy atom. The predicted octanol–water partition coefficient (Wildman–Crippen LogP) is 3.67. The second-order valence-electron chi connectivity index (χ2n) is 7.72. The lowest BCUT2D eigenvalue weighted by Gasteiger charge is -2.11. The summed E-state index contributed by atoms with van der Waals surface area (Å²) in [6.45, 7) is 0.872. The molecular weight excluding hydrogens is 392 g/mol. The number of carbonyl (C=O) groups excluding carboxylic acids is 1. The van der Waals surface area contributed by atoms with Gasteiger partial charge in [-0.3, -0.25) is 9.36 Å². The molecule has 0 amide bonds. The van der Waals surface area contributed by atoms with Gasteiger partial charge in [0.15, 0.2) is 0 Å². The number of aromatic nitrogens is 4. The third-order valence-corrected chi connectivity index (χ3v) is 5.63. The summed E-state index contributed by atoms with van der Waals surface area (Å²) in [6, 6.07) is 14.5. The Labute approximate surface area is 178 Å². The largest absolute Gasteiger partial charge is 0.457 e. The van der Waals surface area contributed by atoms with Gasteiger partial charge >= 0.3 is 5.97 Å². The zero-order valence-electron chi connectivity index (χ0n) is 17.0. The average Bonchev–Trinajstić information content (AvgIpc) is 3.23. The van der Waals surface area contributed by atoms with E-state index in [-0.39, 0.29) is 12.2 Å². The molecule has 0 spiro atoms. The number of esters is 1. The lowest BCUT2D eigenvalue weighted by Crippen LogP contribution is -2.24. The standard InChI is InChI=1S/C24H22N4O3/c29-23-20-11-8-18(15-21(20)26-22-5-2-1-3-13-27(22)23)24(30)31-16-17-6-9-19(10-7-17)28-14-4-12-25-28/h4,6-12,14-15H,1-3,5,13,16H2. The van der Waals surface area contributed by atoms with Crippen LogP contribution in [0.1, 0.15) is 41.0 Å². The van der Waals surface area contributed by atoms with Crippen molar-refractivity contribution >= 4 is 16.9 Å². The molecule has 0 atom stereocenters. The molecule has 156 valence electrons. The first-order valence-electron chi connectivity index (χ1n) is 10.5. The maximum absolute atomic E-state index is 12.8. The molecule has 0 bridgehead atoms. The molecule has 1 aliphatic rings. The molecule has 4 aromatic rings. The summed E-state index contributed by atoms with van der Waals surface area (Å²) in [5, 5.41) is 4.73. The second-order valence-corrected chi connectivity index (χ2v) is 7.72. The van der Waals surface area contributed by atoms with E-state index in [9.17, 15) is 9.59 Å². The molecular formula is C24H22N4O3. The van der Waals surface area contributed by atoms with Gasteiger partial charge in [-0.25, -0.2) is 14.5 Å². The van der Waals surface area contributed by atoms with Gasteiger partial charge in [-0.2, -0.15) is 5.10 Å². The Kier molecular flexibility index (Phi) is 5.08. The quantitative estimate of drug-likeness (QED) is 0.476. The minimum Gasteiger partial charge on any atom is -0.457 e. The summed E-state index contributed by atoms with van der Waals surface area (Å²) in [6.07, 6.45) is 7.49. The van der Waals surface area contributed by atoms with Crippen molar-refractivity contribution < 1.29 is 9.53 Å². The summed E-state index contributed by atoms with van der Waals surface area (Å²) in [5.74, 6) is 0.368. The highest BCUT2D eigenvalue weighted by molar-refractivity contribution is 5.94. The van der Waals surface area contributed by atoms with Crippen molar-refractivity contribution in [2.75, 3.05) is 0 Å². The Morgan fingerprint density at radius 3 is 2.74 bits per heavy atom. The molecule has 0 unspecified atom stereocenters. The molecule has 3 heterocycles. The van der Waals surface area contributed by atoms with Gasteiger partial charge in [0.05, 0.1) is 22.2 Å². The summed E-state index contributed by atoms with van der Waals surface area (Å²) in [5.41, 5.74) is 2.74. The third-order valence-electron chi connectivity index (χ3n) is 5.63. The number of fused-ring (bicyclic) bond motifs is 2. The zero-order valence-corrected chi connectivity index (χ0v) is 17.0. The Balaban J connectivity index is 1.33. The highest BCUT2D eigenvalue weighted by atomic mass is 16.5. The lowest BCUT2D eigenvalue weighted by atomic mass is 10.1. The first-order chi connectivity index (χ1) is 15.2. The predicted molar refractivity (Wildman–Crippen MR) is 116 cm³/mol. The van der Waals surface area contributed by atoms with Crippen molar-refractivity contribution in [2.24, 2.45) is 0 Å². The van der Waals surface area contributed by atoms with E-state index in [2.05, 4.69) is 10.1 Å². The van der Waals surface area contributed by atoms with E-state index in [1.165, 1.54) is 0 Å². The summed E-state index contributed by atoms with van der Waals surface area (Å²) in [4.78, 5) is 30.1. The topological polar surface area (TPSA) is 79.0 Å². The van der Waals surface area contributed by atoms with Crippen LogP contribution in [-0.2, 0) is 24.3 Å². The van der Waals surface area contributed by atoms with Gasteiger partial charge in [0.2, 0.25) is 0 Å². The number of benzene rings is 2. The number of hydrogen-bond donors (Lipinski definition) is 0. The van der Waals surface area contributed by atoms with Crippen LogP contribution in [-0.4, -0.2) is 25.3 Å². The number of carbonyl (C=O) groups is 1. The van der Waals surface area contributed by atoms with Gasteiger partial charge in [-0.15, -0.1) is 0 Å². The van der Waals surface area contributed by atoms with Crippen LogP contribution in [0, 0.1) is 0 Å². The number of hydrogen-bond acceptors (Lipinski definition) is 5. The molecule has 7 nitrogen and oxygen atoms in total. The molecule has 2 aromatic heterocycles. The van der Waals surface area contributed by atoms with E-state index in [0.29, 0.717) is 23.0 Å². The van der Waals surface area contributed by atoms with Crippen LogP contribution in [0.15, 0.2) is 65.7 Å². The van der Waals surface area contributed by atoms with E-state index < -0.39 is 5.97 Å². The van der Waals surface area contributed by atoms with E-state index in [0.717, 1.165) is 42.8 Å². The molecule has 0 aliphatic carbocycles. The van der Waals surface area contributed by atoms with Crippen LogP contribution < -0.4 is 5.56 Å². The van der Waals surface area contributed by atoms with Gasteiger partial charge in [0.25, 0.3) is 5.56 Å². The van der Waals surface area contributed by atoms with Crippen LogP contribution in [0.2, 0.25) is 0 Å². The van der Waals surface area contributed by atoms with E-state index in [4.69, 9.17) is 4.74 Å². The third kappa shape index (κ3) is 3.86. The number of aryl methyl sites for hydroxylation is 1. The lowest BCUT2D eigenvalue weighted by molar-refractivity contribution is 0.0473. The fourth-order valence-electron chi connectivity index (χ4n) is 3.94. The summed E-state index contributed by atoms with van der Waals surface area (Å²) < 4.78 is 9.03. The van der Waals surface area contributed by atoms with Gasteiger partial charge in [-0.05, 0) is 54.8 Å². The van der Waals surface area contributed by atoms with E-state index in [1.54, 1.807) is 33.6 Å². The molecule has 0 radical (unpaired) electrons. The second kappa shape index (κ2) is 8.18. The maximum Gasteiger partial charge on any atom is 0.338 e. The zero-order chi connectivity index (χ0) is 21.2. The average molecular weight is 414 g/mol. The Bertz CT molecular complexity index is 1290. The maximum atomic E-state index is 12.8. The van der Waals surface area contributed by atoms with E-state index >= 15 is 0 Å². The van der Waals surface area contributed by atoms with E-state index in [1.807, 2.05) is 36.5 Å². The van der Waals surface area contributed by atoms with Crippen molar-refractivity contribution in [1.82, 2.24) is 19.3 Å². The van der Waals surface area contributed by atoms with Crippen LogP contribution >= 0.6 is 0 Å². The van der Waals surface area contributed by atoms with Crippen molar-refractivity contribution in [2.45, 2.75) is 38.8 Å². The minimum absolute atomic E-state index is 0.0286. The molecule has 2 aromatic carbocycles. The molecule has 31 heavy (non-hydrogen) atoms. The number of ether oxygens (including phenoxy) is 1. The molecule has 0 N–H and O–H groups in total. The first kappa shape index (κ1) is 19.2.